The zero-order valence-electron chi connectivity index (χ0n) is 11.9. The fourth-order valence-corrected chi connectivity index (χ4v) is 3.05. The molecule has 1 aliphatic carbocycles. The molecule has 5 heteroatoms. The summed E-state index contributed by atoms with van der Waals surface area (Å²) >= 11 is 0. The summed E-state index contributed by atoms with van der Waals surface area (Å²) in [4.78, 5) is 38.0. The molecule has 0 bridgehead atoms. The van der Waals surface area contributed by atoms with Crippen molar-refractivity contribution in [1.82, 2.24) is 4.98 Å². The van der Waals surface area contributed by atoms with Gasteiger partial charge < -0.3 is 10.1 Å². The highest BCUT2D eigenvalue weighted by Crippen LogP contribution is 2.33. The largest absolute Gasteiger partial charge is 0.475 e. The number of aromatic nitrogens is 1. The Kier molecular flexibility index (Phi) is 2.93. The standard InChI is InChI=1S/C16H15NO4/c1-7-8(2)13-11(6-10(7)15(19)16(20)21)9-4-3-5-12(18)14(9)17-13/h6,17H,3-5H2,1-2H3,(H,20,21). The Morgan fingerprint density at radius 3 is 2.57 bits per heavy atom. The zero-order valence-corrected chi connectivity index (χ0v) is 11.9. The van der Waals surface area contributed by atoms with Gasteiger partial charge in [0.15, 0.2) is 5.78 Å². The number of H-pyrrole nitrogens is 1. The predicted molar refractivity (Wildman–Crippen MR) is 77.0 cm³/mol. The van der Waals surface area contributed by atoms with Crippen molar-refractivity contribution in [2.24, 2.45) is 0 Å². The van der Waals surface area contributed by atoms with Gasteiger partial charge in [-0.1, -0.05) is 0 Å². The molecule has 3 rings (SSSR count). The van der Waals surface area contributed by atoms with Crippen LogP contribution < -0.4 is 0 Å². The molecule has 0 radical (unpaired) electrons. The van der Waals surface area contributed by atoms with Crippen molar-refractivity contribution in [2.45, 2.75) is 33.1 Å². The number of aryl methyl sites for hydroxylation is 2. The minimum atomic E-state index is -1.46. The number of hydrogen-bond donors (Lipinski definition) is 2. The average Bonchev–Trinajstić information content (AvgIpc) is 2.82. The molecule has 1 aromatic carbocycles. The van der Waals surface area contributed by atoms with Crippen molar-refractivity contribution in [3.63, 3.8) is 0 Å². The Bertz CT molecular complexity index is 814. The normalized spacial score (nSPS) is 14.3. The van der Waals surface area contributed by atoms with Crippen LogP contribution in [0.2, 0.25) is 0 Å². The van der Waals surface area contributed by atoms with Gasteiger partial charge in [0.05, 0.1) is 5.69 Å². The van der Waals surface area contributed by atoms with Crippen molar-refractivity contribution in [1.29, 1.82) is 0 Å². The van der Waals surface area contributed by atoms with Gasteiger partial charge in [-0.3, -0.25) is 9.59 Å². The van der Waals surface area contributed by atoms with E-state index in [1.54, 1.807) is 13.0 Å². The number of benzene rings is 1. The summed E-state index contributed by atoms with van der Waals surface area (Å²) in [7, 11) is 0. The van der Waals surface area contributed by atoms with Crippen LogP contribution in [0.4, 0.5) is 0 Å². The van der Waals surface area contributed by atoms with Crippen molar-refractivity contribution >= 4 is 28.4 Å². The molecule has 2 N–H and O–H groups in total. The van der Waals surface area contributed by atoms with Crippen LogP contribution in [0.1, 0.15) is 50.4 Å². The van der Waals surface area contributed by atoms with Crippen molar-refractivity contribution in [3.8, 4) is 0 Å². The summed E-state index contributed by atoms with van der Waals surface area (Å²) in [5, 5.41) is 9.74. The van der Waals surface area contributed by atoms with Gasteiger partial charge in [-0.05, 0) is 49.4 Å². The molecule has 1 aromatic heterocycles. The molecule has 0 spiro atoms. The lowest BCUT2D eigenvalue weighted by Crippen LogP contribution is -2.14. The van der Waals surface area contributed by atoms with Gasteiger partial charge in [-0.25, -0.2) is 4.79 Å². The fraction of sp³-hybridized carbons (Fsp3) is 0.312. The van der Waals surface area contributed by atoms with Gasteiger partial charge in [0, 0.05) is 22.9 Å². The second-order valence-corrected chi connectivity index (χ2v) is 5.49. The maximum atomic E-state index is 12.0. The lowest BCUT2D eigenvalue weighted by atomic mass is 9.91. The number of ketones is 2. The van der Waals surface area contributed by atoms with Crippen LogP contribution in [-0.2, 0) is 11.2 Å². The molecule has 0 amide bonds. The van der Waals surface area contributed by atoms with Crippen LogP contribution in [0, 0.1) is 13.8 Å². The minimum absolute atomic E-state index is 0.0793. The summed E-state index contributed by atoms with van der Waals surface area (Å²) in [6, 6.07) is 1.61. The molecule has 1 aliphatic rings. The number of carbonyl (C=O) groups is 3. The molecule has 0 saturated heterocycles. The number of aromatic amines is 1. The smallest absolute Gasteiger partial charge is 0.377 e. The van der Waals surface area contributed by atoms with E-state index in [0.717, 1.165) is 34.9 Å². The third-order valence-electron chi connectivity index (χ3n) is 4.32. The molecule has 1 heterocycles. The van der Waals surface area contributed by atoms with Crippen molar-refractivity contribution in [3.05, 3.63) is 34.0 Å². The number of aliphatic carboxylic acids is 1. The van der Waals surface area contributed by atoms with E-state index < -0.39 is 11.8 Å². The highest BCUT2D eigenvalue weighted by atomic mass is 16.4. The Balaban J connectivity index is 2.35. The highest BCUT2D eigenvalue weighted by Gasteiger charge is 2.26. The maximum Gasteiger partial charge on any atom is 0.377 e. The summed E-state index contributed by atoms with van der Waals surface area (Å²) < 4.78 is 0. The molecule has 0 aliphatic heterocycles. The molecule has 0 saturated carbocycles. The van der Waals surface area contributed by atoms with Gasteiger partial charge in [-0.2, -0.15) is 0 Å². The molecular formula is C16H15NO4. The van der Waals surface area contributed by atoms with Crippen LogP contribution >= 0.6 is 0 Å². The second kappa shape index (κ2) is 4.55. The van der Waals surface area contributed by atoms with E-state index in [0.29, 0.717) is 17.7 Å². The topological polar surface area (TPSA) is 87.2 Å². The summed E-state index contributed by atoms with van der Waals surface area (Å²) in [6.45, 7) is 3.56. The van der Waals surface area contributed by atoms with E-state index in [1.807, 2.05) is 6.92 Å². The van der Waals surface area contributed by atoms with E-state index in [1.165, 1.54) is 0 Å². The molecule has 0 unspecified atom stereocenters. The van der Waals surface area contributed by atoms with E-state index >= 15 is 0 Å². The lowest BCUT2D eigenvalue weighted by Gasteiger charge is -2.10. The van der Waals surface area contributed by atoms with Gasteiger partial charge in [-0.15, -0.1) is 0 Å². The molecule has 108 valence electrons. The SMILES string of the molecule is Cc1c(C(=O)C(=O)O)cc2c3c([nH]c2c1C)C(=O)CCC3. The Morgan fingerprint density at radius 2 is 1.90 bits per heavy atom. The number of nitrogens with one attached hydrogen (secondary N) is 1. The fourth-order valence-electron chi connectivity index (χ4n) is 3.05. The highest BCUT2D eigenvalue weighted by molar-refractivity contribution is 6.40. The van der Waals surface area contributed by atoms with Crippen molar-refractivity contribution < 1.29 is 19.5 Å². The maximum absolute atomic E-state index is 12.0. The predicted octanol–water partition coefficient (Wildman–Crippen LogP) is 2.57. The quantitative estimate of drug-likeness (QED) is 0.655. The van der Waals surface area contributed by atoms with Gasteiger partial charge >= 0.3 is 5.97 Å². The van der Waals surface area contributed by atoms with E-state index in [9.17, 15) is 14.4 Å². The van der Waals surface area contributed by atoms with E-state index in [-0.39, 0.29) is 11.3 Å². The number of hydrogen-bond acceptors (Lipinski definition) is 3. The number of carboxylic acid groups (broad SMARTS) is 1. The minimum Gasteiger partial charge on any atom is -0.475 e. The first-order chi connectivity index (χ1) is 9.91. The molecule has 0 atom stereocenters. The summed E-state index contributed by atoms with van der Waals surface area (Å²) in [6.07, 6.45) is 2.08. The average molecular weight is 285 g/mol. The summed E-state index contributed by atoms with van der Waals surface area (Å²) in [5.41, 5.74) is 4.00. The van der Waals surface area contributed by atoms with E-state index in [2.05, 4.69) is 4.98 Å². The van der Waals surface area contributed by atoms with Crippen LogP contribution in [0.5, 0.6) is 0 Å². The third-order valence-corrected chi connectivity index (χ3v) is 4.32. The first kappa shape index (κ1) is 13.5. The van der Waals surface area contributed by atoms with Crippen LogP contribution in [0.3, 0.4) is 0 Å². The number of carbonyl (C=O) groups excluding carboxylic acids is 2. The molecular weight excluding hydrogens is 270 g/mol. The first-order valence-electron chi connectivity index (χ1n) is 6.87. The molecule has 21 heavy (non-hydrogen) atoms. The van der Waals surface area contributed by atoms with E-state index in [4.69, 9.17) is 5.11 Å². The van der Waals surface area contributed by atoms with Crippen molar-refractivity contribution in [2.75, 3.05) is 0 Å². The van der Waals surface area contributed by atoms with Crippen LogP contribution in [0.15, 0.2) is 6.07 Å². The van der Waals surface area contributed by atoms with Gasteiger partial charge in [0.1, 0.15) is 0 Å². The second-order valence-electron chi connectivity index (χ2n) is 5.49. The summed E-state index contributed by atoms with van der Waals surface area (Å²) in [5.74, 6) is -2.29. The Labute approximate surface area is 121 Å². The number of carboxylic acids is 1. The molecule has 0 fully saturated rings. The number of rotatable bonds is 2. The van der Waals surface area contributed by atoms with Gasteiger partial charge in [0.2, 0.25) is 0 Å². The Morgan fingerprint density at radius 1 is 1.19 bits per heavy atom. The number of fused-ring (bicyclic) bond motifs is 3. The van der Waals surface area contributed by atoms with Gasteiger partial charge in [0.25, 0.3) is 5.78 Å². The molecule has 2 aromatic rings. The first-order valence-corrected chi connectivity index (χ1v) is 6.87. The monoisotopic (exact) mass is 285 g/mol. The Hall–Kier alpha value is -2.43. The van der Waals surface area contributed by atoms with Crippen LogP contribution in [0.25, 0.3) is 10.9 Å². The lowest BCUT2D eigenvalue weighted by molar-refractivity contribution is -0.131. The van der Waals surface area contributed by atoms with Crippen LogP contribution in [-0.4, -0.2) is 27.6 Å². The zero-order chi connectivity index (χ0) is 15.3. The third kappa shape index (κ3) is 1.88. The number of Topliss-reactive ketones (excluding diaryl/α,β-unsaturated/α-hetero) is 2. The molecule has 5 nitrogen and oxygen atoms in total.